The molecular formula is C14H25ClIN5O2S. The summed E-state index contributed by atoms with van der Waals surface area (Å²) in [6, 6.07) is 3.69. The van der Waals surface area contributed by atoms with Gasteiger partial charge in [-0.1, -0.05) is 17.7 Å². The second-order valence-electron chi connectivity index (χ2n) is 4.72. The van der Waals surface area contributed by atoms with E-state index in [0.29, 0.717) is 24.2 Å². The second kappa shape index (κ2) is 12.7. The third kappa shape index (κ3) is 10.3. The van der Waals surface area contributed by atoms with Crippen molar-refractivity contribution in [1.29, 1.82) is 0 Å². The van der Waals surface area contributed by atoms with Crippen LogP contribution in [0, 0.1) is 0 Å². The maximum Gasteiger partial charge on any atom is 0.211 e. The quantitative estimate of drug-likeness (QED) is 0.160. The summed E-state index contributed by atoms with van der Waals surface area (Å²) in [6.45, 7) is 5.65. The number of sulfonamides is 1. The molecule has 10 heteroatoms. The summed E-state index contributed by atoms with van der Waals surface area (Å²) in [6.07, 6.45) is 2.53. The van der Waals surface area contributed by atoms with Gasteiger partial charge in [0.25, 0.3) is 0 Å². The number of guanidine groups is 1. The summed E-state index contributed by atoms with van der Waals surface area (Å²) in [5.41, 5.74) is 1.08. The molecule has 138 valence electrons. The van der Waals surface area contributed by atoms with E-state index in [2.05, 4.69) is 25.3 Å². The highest BCUT2D eigenvalue weighted by Crippen LogP contribution is 2.05. The van der Waals surface area contributed by atoms with E-state index in [1.54, 1.807) is 19.2 Å². The zero-order valence-corrected chi connectivity index (χ0v) is 17.8. The first-order valence-electron chi connectivity index (χ1n) is 7.56. The van der Waals surface area contributed by atoms with Crippen molar-refractivity contribution in [2.45, 2.75) is 20.3 Å². The second-order valence-corrected chi connectivity index (χ2v) is 7.21. The Balaban J connectivity index is 0.00000529. The average molecular weight is 490 g/mol. The third-order valence-electron chi connectivity index (χ3n) is 2.92. The Morgan fingerprint density at radius 1 is 1.25 bits per heavy atom. The Kier molecular flexibility index (Phi) is 12.3. The molecule has 0 aliphatic rings. The number of hydrogen-bond acceptors (Lipinski definition) is 4. The van der Waals surface area contributed by atoms with E-state index in [0.717, 1.165) is 18.5 Å². The van der Waals surface area contributed by atoms with Gasteiger partial charge in [-0.05, 0) is 31.9 Å². The SMILES string of the molecule is CCNC(=NCCNS(=O)(=O)CC)NCCc1ccc(Cl)nc1.I. The molecule has 0 aromatic carbocycles. The zero-order valence-electron chi connectivity index (χ0n) is 13.9. The zero-order chi connectivity index (χ0) is 17.1. The van der Waals surface area contributed by atoms with Crippen molar-refractivity contribution < 1.29 is 8.42 Å². The average Bonchev–Trinajstić information content (AvgIpc) is 2.53. The first-order chi connectivity index (χ1) is 11.0. The molecule has 0 aliphatic carbocycles. The largest absolute Gasteiger partial charge is 0.357 e. The number of nitrogens with zero attached hydrogens (tertiary/aromatic N) is 2. The fraction of sp³-hybridized carbons (Fsp3) is 0.571. The molecule has 0 fully saturated rings. The fourth-order valence-electron chi connectivity index (χ4n) is 1.69. The topological polar surface area (TPSA) is 95.5 Å². The number of aliphatic imine (C=N–C) groups is 1. The summed E-state index contributed by atoms with van der Waals surface area (Å²) in [5.74, 6) is 0.731. The molecule has 0 aliphatic heterocycles. The van der Waals surface area contributed by atoms with Crippen molar-refractivity contribution >= 4 is 51.6 Å². The van der Waals surface area contributed by atoms with Crippen LogP contribution in [0.4, 0.5) is 0 Å². The summed E-state index contributed by atoms with van der Waals surface area (Å²) in [4.78, 5) is 8.36. The maximum absolute atomic E-state index is 11.3. The van der Waals surface area contributed by atoms with Gasteiger partial charge in [-0.2, -0.15) is 0 Å². The van der Waals surface area contributed by atoms with Gasteiger partial charge in [-0.25, -0.2) is 18.1 Å². The minimum absolute atomic E-state index is 0. The molecule has 0 amide bonds. The molecule has 0 unspecified atom stereocenters. The lowest BCUT2D eigenvalue weighted by Crippen LogP contribution is -2.39. The number of pyridine rings is 1. The summed E-state index contributed by atoms with van der Waals surface area (Å²) >= 11 is 5.75. The van der Waals surface area contributed by atoms with E-state index in [1.165, 1.54) is 0 Å². The standard InChI is InChI=1S/C14H24ClN5O2S.HI/c1-3-16-14(18-9-10-20-23(21,22)4-2)17-8-7-12-5-6-13(15)19-11-12;/h5-6,11,20H,3-4,7-10H2,1-2H3,(H2,16,17,18);1H. The van der Waals surface area contributed by atoms with Crippen LogP contribution in [0.25, 0.3) is 0 Å². The first kappa shape index (κ1) is 23.4. The van der Waals surface area contributed by atoms with Gasteiger partial charge in [0, 0.05) is 25.8 Å². The molecule has 1 aromatic heterocycles. The van der Waals surface area contributed by atoms with Gasteiger partial charge < -0.3 is 10.6 Å². The van der Waals surface area contributed by atoms with Gasteiger partial charge >= 0.3 is 0 Å². The van der Waals surface area contributed by atoms with Crippen LogP contribution in [0.15, 0.2) is 23.3 Å². The van der Waals surface area contributed by atoms with Gasteiger partial charge in [0.15, 0.2) is 5.96 Å². The Hall–Kier alpha value is -0.650. The van der Waals surface area contributed by atoms with E-state index < -0.39 is 10.0 Å². The third-order valence-corrected chi connectivity index (χ3v) is 4.55. The van der Waals surface area contributed by atoms with Gasteiger partial charge in [-0.15, -0.1) is 24.0 Å². The number of hydrogen-bond donors (Lipinski definition) is 3. The van der Waals surface area contributed by atoms with E-state index >= 15 is 0 Å². The molecule has 7 nitrogen and oxygen atoms in total. The maximum atomic E-state index is 11.3. The van der Waals surface area contributed by atoms with Gasteiger partial charge in [-0.3, -0.25) is 4.99 Å². The minimum atomic E-state index is -3.16. The fourth-order valence-corrected chi connectivity index (χ4v) is 2.41. The number of nitrogens with one attached hydrogen (secondary N) is 3. The van der Waals surface area contributed by atoms with Crippen LogP contribution in [-0.2, 0) is 16.4 Å². The summed E-state index contributed by atoms with van der Waals surface area (Å²) in [5, 5.41) is 6.79. The summed E-state index contributed by atoms with van der Waals surface area (Å²) < 4.78 is 25.1. The van der Waals surface area contributed by atoms with Crippen molar-refractivity contribution in [2.75, 3.05) is 31.9 Å². The van der Waals surface area contributed by atoms with Crippen LogP contribution in [-0.4, -0.2) is 51.3 Å². The molecule has 3 N–H and O–H groups in total. The molecule has 1 heterocycles. The van der Waals surface area contributed by atoms with Gasteiger partial charge in [0.1, 0.15) is 5.15 Å². The molecule has 0 saturated heterocycles. The summed E-state index contributed by atoms with van der Waals surface area (Å²) in [7, 11) is -3.16. The Morgan fingerprint density at radius 3 is 2.58 bits per heavy atom. The molecule has 0 saturated carbocycles. The molecule has 0 radical (unpaired) electrons. The smallest absolute Gasteiger partial charge is 0.211 e. The Morgan fingerprint density at radius 2 is 2.00 bits per heavy atom. The normalized spacial score (nSPS) is 11.7. The Labute approximate surface area is 166 Å². The minimum Gasteiger partial charge on any atom is -0.357 e. The van der Waals surface area contributed by atoms with Crippen molar-refractivity contribution in [2.24, 2.45) is 4.99 Å². The van der Waals surface area contributed by atoms with Gasteiger partial charge in [0.2, 0.25) is 10.0 Å². The van der Waals surface area contributed by atoms with E-state index in [-0.39, 0.29) is 36.3 Å². The predicted molar refractivity (Wildman–Crippen MR) is 110 cm³/mol. The molecule has 0 spiro atoms. The van der Waals surface area contributed by atoms with Crippen LogP contribution in [0.3, 0.4) is 0 Å². The van der Waals surface area contributed by atoms with E-state index in [4.69, 9.17) is 11.6 Å². The molecular weight excluding hydrogens is 465 g/mol. The lowest BCUT2D eigenvalue weighted by Gasteiger charge is -2.11. The number of rotatable bonds is 9. The molecule has 1 rings (SSSR count). The van der Waals surface area contributed by atoms with Crippen LogP contribution in [0.5, 0.6) is 0 Å². The van der Waals surface area contributed by atoms with Gasteiger partial charge in [0.05, 0.1) is 12.3 Å². The highest BCUT2D eigenvalue weighted by atomic mass is 127. The molecule has 0 bridgehead atoms. The van der Waals surface area contributed by atoms with E-state index in [9.17, 15) is 8.42 Å². The molecule has 1 aromatic rings. The van der Waals surface area contributed by atoms with Crippen LogP contribution in [0.2, 0.25) is 5.15 Å². The molecule has 0 atom stereocenters. The highest BCUT2D eigenvalue weighted by Gasteiger charge is 2.04. The van der Waals surface area contributed by atoms with Crippen LogP contribution < -0.4 is 15.4 Å². The number of aromatic nitrogens is 1. The lowest BCUT2D eigenvalue weighted by atomic mass is 10.2. The highest BCUT2D eigenvalue weighted by molar-refractivity contribution is 14.0. The van der Waals surface area contributed by atoms with E-state index in [1.807, 2.05) is 13.0 Å². The van der Waals surface area contributed by atoms with Crippen molar-refractivity contribution in [3.8, 4) is 0 Å². The Bertz CT molecular complexity index is 596. The van der Waals surface area contributed by atoms with Crippen molar-refractivity contribution in [1.82, 2.24) is 20.3 Å². The van der Waals surface area contributed by atoms with Crippen LogP contribution >= 0.6 is 35.6 Å². The van der Waals surface area contributed by atoms with Crippen molar-refractivity contribution in [3.05, 3.63) is 29.0 Å². The monoisotopic (exact) mass is 489 g/mol. The van der Waals surface area contributed by atoms with Crippen molar-refractivity contribution in [3.63, 3.8) is 0 Å². The lowest BCUT2D eigenvalue weighted by molar-refractivity contribution is 0.583. The molecule has 24 heavy (non-hydrogen) atoms. The first-order valence-corrected chi connectivity index (χ1v) is 9.59. The predicted octanol–water partition coefficient (Wildman–Crippen LogP) is 1.39. The van der Waals surface area contributed by atoms with Crippen LogP contribution in [0.1, 0.15) is 19.4 Å². The number of halogens is 2.